The fraction of sp³-hybridized carbons (Fsp3) is 0.324. The summed E-state index contributed by atoms with van der Waals surface area (Å²) in [6, 6.07) is 31.9. The summed E-state index contributed by atoms with van der Waals surface area (Å²) in [6.45, 7) is 3.22. The number of amides is 1. The highest BCUT2D eigenvalue weighted by Crippen LogP contribution is 2.51. The SMILES string of the molecule is COc1ccccc1-c1ccc(N2CCN(CCCCC3(C(=O)NCC(F)(F)F)c4ccccc4-c4ccccc43)CC2)cc1. The number of piperazine rings is 1. The molecule has 0 aromatic heterocycles. The van der Waals surface area contributed by atoms with E-state index in [0.717, 1.165) is 78.3 Å². The average molecular weight is 614 g/mol. The molecule has 0 bridgehead atoms. The number of methoxy groups -OCH3 is 1. The predicted octanol–water partition coefficient (Wildman–Crippen LogP) is 7.30. The van der Waals surface area contributed by atoms with Crippen molar-refractivity contribution in [3.05, 3.63) is 108 Å². The Bertz CT molecular complexity index is 1580. The molecule has 0 radical (unpaired) electrons. The van der Waals surface area contributed by atoms with Crippen LogP contribution in [0.25, 0.3) is 22.3 Å². The molecule has 0 spiro atoms. The first kappa shape index (κ1) is 30.7. The van der Waals surface area contributed by atoms with Crippen molar-refractivity contribution in [1.82, 2.24) is 10.2 Å². The molecule has 8 heteroatoms. The van der Waals surface area contributed by atoms with E-state index in [1.165, 1.54) is 5.69 Å². The van der Waals surface area contributed by atoms with Gasteiger partial charge in [-0.05, 0) is 65.4 Å². The van der Waals surface area contributed by atoms with Gasteiger partial charge in [-0.1, -0.05) is 85.3 Å². The Kier molecular flexibility index (Phi) is 8.85. The molecule has 1 saturated heterocycles. The normalized spacial score (nSPS) is 15.8. The molecule has 45 heavy (non-hydrogen) atoms. The van der Waals surface area contributed by atoms with Crippen LogP contribution >= 0.6 is 0 Å². The second kappa shape index (κ2) is 13.0. The zero-order valence-electron chi connectivity index (χ0n) is 25.4. The van der Waals surface area contributed by atoms with Crippen LogP contribution in [0.5, 0.6) is 5.75 Å². The summed E-state index contributed by atoms with van der Waals surface area (Å²) in [5.74, 6) is 0.274. The number of ether oxygens (including phenoxy) is 1. The number of unbranched alkanes of at least 4 members (excludes halogenated alkanes) is 1. The summed E-state index contributed by atoms with van der Waals surface area (Å²) in [5.41, 5.74) is 5.65. The van der Waals surface area contributed by atoms with Gasteiger partial charge in [0.05, 0.1) is 7.11 Å². The topological polar surface area (TPSA) is 44.8 Å². The van der Waals surface area contributed by atoms with Crippen molar-refractivity contribution < 1.29 is 22.7 Å². The summed E-state index contributed by atoms with van der Waals surface area (Å²) in [4.78, 5) is 18.5. The molecular formula is C37H38F3N3O2. The van der Waals surface area contributed by atoms with Crippen molar-refractivity contribution in [2.75, 3.05) is 51.3 Å². The third kappa shape index (κ3) is 6.29. The van der Waals surface area contributed by atoms with Crippen LogP contribution in [0, 0.1) is 0 Å². The number of fused-ring (bicyclic) bond motifs is 3. The van der Waals surface area contributed by atoms with E-state index in [4.69, 9.17) is 4.74 Å². The standard InChI is InChI=1S/C37H38F3N3O2/c1-45-34-15-7-4-10-29(34)27-16-18-28(19-17-27)43-24-22-42(23-25-43)21-9-8-20-36(35(44)41-26-37(38,39)40)32-13-5-2-11-30(32)31-12-3-6-14-33(31)36/h2-7,10-19H,8-9,20-26H2,1H3,(H,41,44). The molecule has 2 aliphatic rings. The Labute approximate surface area is 262 Å². The lowest BCUT2D eigenvalue weighted by Gasteiger charge is -2.36. The highest BCUT2D eigenvalue weighted by molar-refractivity contribution is 6.00. The van der Waals surface area contributed by atoms with Crippen LogP contribution < -0.4 is 15.0 Å². The van der Waals surface area contributed by atoms with E-state index in [2.05, 4.69) is 45.4 Å². The molecule has 1 aliphatic heterocycles. The van der Waals surface area contributed by atoms with Crippen LogP contribution in [-0.4, -0.2) is 63.4 Å². The number of nitrogens with one attached hydrogen (secondary N) is 1. The molecular weight excluding hydrogens is 575 g/mol. The molecule has 0 saturated carbocycles. The monoisotopic (exact) mass is 613 g/mol. The fourth-order valence-electron chi connectivity index (χ4n) is 6.97. The first-order valence-corrected chi connectivity index (χ1v) is 15.6. The fourth-order valence-corrected chi connectivity index (χ4v) is 6.97. The van der Waals surface area contributed by atoms with Crippen LogP contribution in [0.4, 0.5) is 18.9 Å². The Morgan fingerprint density at radius 3 is 1.96 bits per heavy atom. The highest BCUT2D eigenvalue weighted by Gasteiger charge is 2.49. The number of alkyl halides is 3. The predicted molar refractivity (Wildman–Crippen MR) is 173 cm³/mol. The molecule has 1 fully saturated rings. The Balaban J connectivity index is 1.08. The second-order valence-electron chi connectivity index (χ2n) is 11.8. The molecule has 0 atom stereocenters. The number of nitrogens with zero attached hydrogens (tertiary/aromatic N) is 2. The van der Waals surface area contributed by atoms with Crippen LogP contribution in [0.2, 0.25) is 0 Å². The third-order valence-electron chi connectivity index (χ3n) is 9.20. The maximum absolute atomic E-state index is 13.7. The third-order valence-corrected chi connectivity index (χ3v) is 9.20. The molecule has 5 nitrogen and oxygen atoms in total. The number of carbonyl (C=O) groups is 1. The number of halogens is 3. The summed E-state index contributed by atoms with van der Waals surface area (Å²) in [7, 11) is 1.69. The van der Waals surface area contributed by atoms with Crippen molar-refractivity contribution in [2.24, 2.45) is 0 Å². The number of hydrogen-bond acceptors (Lipinski definition) is 4. The van der Waals surface area contributed by atoms with E-state index in [0.29, 0.717) is 12.8 Å². The van der Waals surface area contributed by atoms with Crippen LogP contribution in [0.3, 0.4) is 0 Å². The Morgan fingerprint density at radius 2 is 1.36 bits per heavy atom. The van der Waals surface area contributed by atoms with Gasteiger partial charge in [0, 0.05) is 37.4 Å². The maximum atomic E-state index is 13.7. The summed E-state index contributed by atoms with van der Waals surface area (Å²) < 4.78 is 45.0. The zero-order valence-corrected chi connectivity index (χ0v) is 25.4. The van der Waals surface area contributed by atoms with Crippen molar-refractivity contribution in [3.63, 3.8) is 0 Å². The number of para-hydroxylation sites is 1. The lowest BCUT2D eigenvalue weighted by molar-refractivity contribution is -0.141. The van der Waals surface area contributed by atoms with Crippen molar-refractivity contribution in [1.29, 1.82) is 0 Å². The van der Waals surface area contributed by atoms with E-state index in [1.54, 1.807) is 7.11 Å². The first-order chi connectivity index (χ1) is 21.8. The van der Waals surface area contributed by atoms with Crippen molar-refractivity contribution in [3.8, 4) is 28.0 Å². The minimum atomic E-state index is -4.48. The molecule has 1 N–H and O–H groups in total. The first-order valence-electron chi connectivity index (χ1n) is 15.6. The lowest BCUT2D eigenvalue weighted by atomic mass is 9.73. The number of rotatable bonds is 10. The number of hydrogen-bond donors (Lipinski definition) is 1. The molecule has 1 amide bonds. The molecule has 234 valence electrons. The van der Waals surface area contributed by atoms with Gasteiger partial charge in [0.25, 0.3) is 0 Å². The van der Waals surface area contributed by atoms with Gasteiger partial charge >= 0.3 is 6.18 Å². The highest BCUT2D eigenvalue weighted by atomic mass is 19.4. The van der Waals surface area contributed by atoms with Crippen molar-refractivity contribution in [2.45, 2.75) is 30.9 Å². The molecule has 1 heterocycles. The van der Waals surface area contributed by atoms with Gasteiger partial charge < -0.3 is 15.0 Å². The van der Waals surface area contributed by atoms with E-state index in [-0.39, 0.29) is 0 Å². The lowest BCUT2D eigenvalue weighted by Crippen LogP contribution is -2.47. The number of benzene rings is 4. The van der Waals surface area contributed by atoms with Gasteiger partial charge in [-0.15, -0.1) is 0 Å². The van der Waals surface area contributed by atoms with E-state index in [1.807, 2.05) is 66.7 Å². The second-order valence-corrected chi connectivity index (χ2v) is 11.8. The van der Waals surface area contributed by atoms with Crippen molar-refractivity contribution >= 4 is 11.6 Å². The van der Waals surface area contributed by atoms with E-state index in [9.17, 15) is 18.0 Å². The smallest absolute Gasteiger partial charge is 0.405 e. The molecule has 6 rings (SSSR count). The Morgan fingerprint density at radius 1 is 0.778 bits per heavy atom. The molecule has 4 aromatic carbocycles. The van der Waals surface area contributed by atoms with Crippen LogP contribution in [-0.2, 0) is 10.2 Å². The van der Waals surface area contributed by atoms with Gasteiger partial charge in [0.2, 0.25) is 5.91 Å². The quantitative estimate of drug-likeness (QED) is 0.191. The zero-order chi connectivity index (χ0) is 31.4. The molecule has 0 unspecified atom stereocenters. The summed E-state index contributed by atoms with van der Waals surface area (Å²) in [6.07, 6.45) is -2.46. The minimum absolute atomic E-state index is 0.448. The molecule has 1 aliphatic carbocycles. The van der Waals surface area contributed by atoms with E-state index >= 15 is 0 Å². The summed E-state index contributed by atoms with van der Waals surface area (Å²) in [5, 5.41) is 2.23. The number of anilines is 1. The maximum Gasteiger partial charge on any atom is 0.405 e. The van der Waals surface area contributed by atoms with Gasteiger partial charge in [0.1, 0.15) is 17.7 Å². The number of carbonyl (C=O) groups excluding carboxylic acids is 1. The summed E-state index contributed by atoms with van der Waals surface area (Å²) >= 11 is 0. The largest absolute Gasteiger partial charge is 0.496 e. The molecule has 4 aromatic rings. The van der Waals surface area contributed by atoms with Gasteiger partial charge in [-0.2, -0.15) is 13.2 Å². The Hall–Kier alpha value is -4.30. The van der Waals surface area contributed by atoms with Gasteiger partial charge in [-0.3, -0.25) is 9.69 Å². The van der Waals surface area contributed by atoms with Crippen LogP contribution in [0.1, 0.15) is 30.4 Å². The van der Waals surface area contributed by atoms with Gasteiger partial charge in [-0.25, -0.2) is 0 Å². The average Bonchev–Trinajstić information content (AvgIpc) is 3.36. The van der Waals surface area contributed by atoms with Gasteiger partial charge in [0.15, 0.2) is 0 Å². The minimum Gasteiger partial charge on any atom is -0.496 e. The van der Waals surface area contributed by atoms with E-state index < -0.39 is 24.0 Å². The van der Waals surface area contributed by atoms with Crippen LogP contribution in [0.15, 0.2) is 97.1 Å².